The van der Waals surface area contributed by atoms with Gasteiger partial charge >= 0.3 is 0 Å². The van der Waals surface area contributed by atoms with Crippen molar-refractivity contribution in [2.75, 3.05) is 33.3 Å². The largest absolute Gasteiger partial charge is 0.496 e. The zero-order valence-electron chi connectivity index (χ0n) is 13.1. The van der Waals surface area contributed by atoms with E-state index in [-0.39, 0.29) is 0 Å². The zero-order valence-corrected chi connectivity index (χ0v) is 13.1. The summed E-state index contributed by atoms with van der Waals surface area (Å²) < 4.78 is 5.42. The maximum atomic E-state index is 5.42. The van der Waals surface area contributed by atoms with Crippen molar-refractivity contribution in [3.63, 3.8) is 0 Å². The molecule has 1 aliphatic heterocycles. The lowest BCUT2D eigenvalue weighted by Gasteiger charge is -2.18. The van der Waals surface area contributed by atoms with Crippen LogP contribution < -0.4 is 10.1 Å². The van der Waals surface area contributed by atoms with E-state index in [0.717, 1.165) is 31.2 Å². The molecule has 1 aromatic carbocycles. The van der Waals surface area contributed by atoms with Gasteiger partial charge in [0.05, 0.1) is 7.11 Å². The van der Waals surface area contributed by atoms with Crippen LogP contribution in [0.15, 0.2) is 24.3 Å². The molecule has 0 radical (unpaired) electrons. The number of methoxy groups -OCH3 is 1. The van der Waals surface area contributed by atoms with Gasteiger partial charge in [0, 0.05) is 19.1 Å². The minimum Gasteiger partial charge on any atom is -0.496 e. The molecule has 3 nitrogen and oxygen atoms in total. The second-order valence-electron chi connectivity index (χ2n) is 6.08. The van der Waals surface area contributed by atoms with Crippen molar-refractivity contribution in [3.05, 3.63) is 29.8 Å². The summed E-state index contributed by atoms with van der Waals surface area (Å²) in [4.78, 5) is 2.58. The smallest absolute Gasteiger partial charge is 0.122 e. The van der Waals surface area contributed by atoms with Gasteiger partial charge in [-0.25, -0.2) is 0 Å². The van der Waals surface area contributed by atoms with Crippen LogP contribution in [0.25, 0.3) is 0 Å². The van der Waals surface area contributed by atoms with Gasteiger partial charge in [-0.1, -0.05) is 32.0 Å². The number of hydrogen-bond acceptors (Lipinski definition) is 3. The molecule has 2 rings (SSSR count). The monoisotopic (exact) mass is 276 g/mol. The number of ether oxygens (including phenoxy) is 1. The molecule has 0 aliphatic carbocycles. The van der Waals surface area contributed by atoms with E-state index in [4.69, 9.17) is 4.74 Å². The molecule has 1 aromatic rings. The van der Waals surface area contributed by atoms with Crippen molar-refractivity contribution in [3.8, 4) is 5.75 Å². The standard InChI is InChI=1S/C17H28N2O/c1-14(2)18-12-15-8-10-19(13-15)11-9-16-6-4-5-7-17(16)20-3/h4-7,14-15,18H,8-13H2,1-3H3. The number of nitrogens with zero attached hydrogens (tertiary/aromatic N) is 1. The van der Waals surface area contributed by atoms with Gasteiger partial charge in [0.25, 0.3) is 0 Å². The highest BCUT2D eigenvalue weighted by Gasteiger charge is 2.22. The Bertz CT molecular complexity index is 406. The minimum atomic E-state index is 0.595. The Balaban J connectivity index is 1.75. The van der Waals surface area contributed by atoms with Gasteiger partial charge in [0.1, 0.15) is 5.75 Å². The molecule has 1 fully saturated rings. The van der Waals surface area contributed by atoms with E-state index < -0.39 is 0 Å². The van der Waals surface area contributed by atoms with E-state index in [0.29, 0.717) is 6.04 Å². The molecule has 1 atom stereocenters. The van der Waals surface area contributed by atoms with Crippen LogP contribution in [0, 0.1) is 5.92 Å². The summed E-state index contributed by atoms with van der Waals surface area (Å²) in [7, 11) is 1.75. The van der Waals surface area contributed by atoms with Crippen LogP contribution in [0.5, 0.6) is 5.75 Å². The van der Waals surface area contributed by atoms with Crippen LogP contribution >= 0.6 is 0 Å². The lowest BCUT2D eigenvalue weighted by atomic mass is 10.1. The average molecular weight is 276 g/mol. The maximum absolute atomic E-state index is 5.42. The first-order valence-electron chi connectivity index (χ1n) is 7.76. The molecule has 0 spiro atoms. The first-order chi connectivity index (χ1) is 9.69. The van der Waals surface area contributed by atoms with E-state index in [2.05, 4.69) is 42.3 Å². The lowest BCUT2D eigenvalue weighted by Crippen LogP contribution is -2.31. The molecule has 0 aromatic heterocycles. The zero-order chi connectivity index (χ0) is 14.4. The molecule has 0 amide bonds. The Morgan fingerprint density at radius 3 is 2.90 bits per heavy atom. The molecule has 3 heteroatoms. The molecule has 1 N–H and O–H groups in total. The summed E-state index contributed by atoms with van der Waals surface area (Å²) in [6, 6.07) is 8.95. The molecule has 112 valence electrons. The van der Waals surface area contributed by atoms with Gasteiger partial charge in [0.2, 0.25) is 0 Å². The molecular weight excluding hydrogens is 248 g/mol. The van der Waals surface area contributed by atoms with E-state index in [1.54, 1.807) is 7.11 Å². The Morgan fingerprint density at radius 2 is 2.15 bits per heavy atom. The van der Waals surface area contributed by atoms with Gasteiger partial charge in [-0.2, -0.15) is 0 Å². The Morgan fingerprint density at radius 1 is 1.35 bits per heavy atom. The number of rotatable bonds is 7. The van der Waals surface area contributed by atoms with E-state index in [1.165, 1.54) is 25.1 Å². The summed E-state index contributed by atoms with van der Waals surface area (Å²) in [6.45, 7) is 9.19. The topological polar surface area (TPSA) is 24.5 Å². The highest BCUT2D eigenvalue weighted by Crippen LogP contribution is 2.20. The van der Waals surface area contributed by atoms with E-state index >= 15 is 0 Å². The number of hydrogen-bond donors (Lipinski definition) is 1. The Hall–Kier alpha value is -1.06. The summed E-state index contributed by atoms with van der Waals surface area (Å²) in [6.07, 6.45) is 2.40. The highest BCUT2D eigenvalue weighted by atomic mass is 16.5. The predicted octanol–water partition coefficient (Wildman–Crippen LogP) is 2.56. The van der Waals surface area contributed by atoms with Crippen molar-refractivity contribution in [2.45, 2.75) is 32.7 Å². The summed E-state index contributed by atoms with van der Waals surface area (Å²) in [5.41, 5.74) is 1.32. The van der Waals surface area contributed by atoms with Gasteiger partial charge in [0.15, 0.2) is 0 Å². The van der Waals surface area contributed by atoms with Crippen molar-refractivity contribution in [2.24, 2.45) is 5.92 Å². The quantitative estimate of drug-likeness (QED) is 0.828. The van der Waals surface area contributed by atoms with Gasteiger partial charge < -0.3 is 15.0 Å². The SMILES string of the molecule is COc1ccccc1CCN1CCC(CNC(C)C)C1. The van der Waals surface area contributed by atoms with Crippen LogP contribution in [0.4, 0.5) is 0 Å². The predicted molar refractivity (Wildman–Crippen MR) is 84.4 cm³/mol. The number of likely N-dealkylation sites (tertiary alicyclic amines) is 1. The van der Waals surface area contributed by atoms with E-state index in [1.807, 2.05) is 6.07 Å². The van der Waals surface area contributed by atoms with Crippen LogP contribution in [0.2, 0.25) is 0 Å². The number of para-hydroxylation sites is 1. The third-order valence-corrected chi connectivity index (χ3v) is 4.07. The van der Waals surface area contributed by atoms with Gasteiger partial charge in [-0.3, -0.25) is 0 Å². The molecule has 1 unspecified atom stereocenters. The van der Waals surface area contributed by atoms with Crippen LogP contribution in [-0.4, -0.2) is 44.2 Å². The maximum Gasteiger partial charge on any atom is 0.122 e. The molecule has 20 heavy (non-hydrogen) atoms. The third kappa shape index (κ3) is 4.50. The van der Waals surface area contributed by atoms with Crippen molar-refractivity contribution >= 4 is 0 Å². The third-order valence-electron chi connectivity index (χ3n) is 4.07. The molecule has 1 saturated heterocycles. The van der Waals surface area contributed by atoms with Crippen LogP contribution in [0.1, 0.15) is 25.8 Å². The van der Waals surface area contributed by atoms with Gasteiger partial charge in [-0.15, -0.1) is 0 Å². The fourth-order valence-corrected chi connectivity index (χ4v) is 2.87. The first-order valence-corrected chi connectivity index (χ1v) is 7.76. The lowest BCUT2D eigenvalue weighted by molar-refractivity contribution is 0.321. The summed E-state index contributed by atoms with van der Waals surface area (Å²) >= 11 is 0. The molecule has 1 aliphatic rings. The van der Waals surface area contributed by atoms with Gasteiger partial charge in [-0.05, 0) is 43.5 Å². The molecule has 0 saturated carbocycles. The van der Waals surface area contributed by atoms with Crippen LogP contribution in [-0.2, 0) is 6.42 Å². The average Bonchev–Trinajstić information content (AvgIpc) is 2.91. The van der Waals surface area contributed by atoms with E-state index in [9.17, 15) is 0 Å². The summed E-state index contributed by atoms with van der Waals surface area (Å²) in [5, 5.41) is 3.55. The van der Waals surface area contributed by atoms with Crippen LogP contribution in [0.3, 0.4) is 0 Å². The molecular formula is C17H28N2O. The highest BCUT2D eigenvalue weighted by molar-refractivity contribution is 5.33. The number of benzene rings is 1. The van der Waals surface area contributed by atoms with Crippen molar-refractivity contribution in [1.82, 2.24) is 10.2 Å². The molecule has 1 heterocycles. The van der Waals surface area contributed by atoms with Crippen molar-refractivity contribution < 1.29 is 4.74 Å². The summed E-state index contributed by atoms with van der Waals surface area (Å²) in [5.74, 6) is 1.83. The fourth-order valence-electron chi connectivity index (χ4n) is 2.87. The number of nitrogens with one attached hydrogen (secondary N) is 1. The minimum absolute atomic E-state index is 0.595. The first kappa shape index (κ1) is 15.3. The second-order valence-corrected chi connectivity index (χ2v) is 6.08. The second kappa shape index (κ2) is 7.65. The normalized spacial score (nSPS) is 19.7. The fraction of sp³-hybridized carbons (Fsp3) is 0.647. The Labute approximate surface area is 123 Å². The molecule has 0 bridgehead atoms. The Kier molecular flexibility index (Phi) is 5.86. The van der Waals surface area contributed by atoms with Crippen molar-refractivity contribution in [1.29, 1.82) is 0 Å².